The van der Waals surface area contributed by atoms with E-state index in [9.17, 15) is 4.79 Å². The number of nitrogens with one attached hydrogen (secondary N) is 2. The minimum atomic E-state index is 0.289. The van der Waals surface area contributed by atoms with Gasteiger partial charge in [-0.15, -0.1) is 0 Å². The Balaban J connectivity index is 1.43. The lowest BCUT2D eigenvalue weighted by molar-refractivity contribution is -0.134. The second-order valence-corrected chi connectivity index (χ2v) is 8.13. The first kappa shape index (κ1) is 19.5. The summed E-state index contributed by atoms with van der Waals surface area (Å²) in [5.41, 5.74) is 0. The highest BCUT2D eigenvalue weighted by Gasteiger charge is 2.32. The zero-order chi connectivity index (χ0) is 18.4. The molecule has 0 bridgehead atoms. The highest BCUT2D eigenvalue weighted by atomic mass is 16.2. The molecular weight excluding hydrogens is 326 g/mol. The Morgan fingerprint density at radius 1 is 1.08 bits per heavy atom. The van der Waals surface area contributed by atoms with Gasteiger partial charge in [0.1, 0.15) is 0 Å². The van der Waals surface area contributed by atoms with Gasteiger partial charge in [0.25, 0.3) is 0 Å². The van der Waals surface area contributed by atoms with E-state index < -0.39 is 0 Å². The molecule has 2 heterocycles. The molecule has 0 aromatic rings. The number of rotatable bonds is 5. The third-order valence-corrected chi connectivity index (χ3v) is 6.43. The van der Waals surface area contributed by atoms with Crippen molar-refractivity contribution in [1.29, 1.82) is 0 Å². The molecule has 0 aromatic heterocycles. The van der Waals surface area contributed by atoms with Crippen LogP contribution in [0, 0.1) is 5.92 Å². The second kappa shape index (κ2) is 9.58. The Morgan fingerprint density at radius 3 is 2.58 bits per heavy atom. The van der Waals surface area contributed by atoms with Crippen LogP contribution in [0.3, 0.4) is 0 Å². The fraction of sp³-hybridized carbons (Fsp3) is 0.900. The Kier molecular flexibility index (Phi) is 7.17. The SMILES string of the molecule is CCN1CCCCC1CNC(=NC)NC1CCN(C(=O)C2CCCC2)C1. The predicted octanol–water partition coefficient (Wildman–Crippen LogP) is 1.82. The number of nitrogens with zero attached hydrogens (tertiary/aromatic N) is 3. The van der Waals surface area contributed by atoms with Crippen LogP contribution in [0.2, 0.25) is 0 Å². The van der Waals surface area contributed by atoms with E-state index in [4.69, 9.17) is 0 Å². The van der Waals surface area contributed by atoms with Gasteiger partial charge in [-0.25, -0.2) is 0 Å². The average molecular weight is 364 g/mol. The highest BCUT2D eigenvalue weighted by Crippen LogP contribution is 2.27. The van der Waals surface area contributed by atoms with E-state index >= 15 is 0 Å². The van der Waals surface area contributed by atoms with Gasteiger partial charge in [0.05, 0.1) is 0 Å². The van der Waals surface area contributed by atoms with Crippen LogP contribution in [0.5, 0.6) is 0 Å². The van der Waals surface area contributed by atoms with Crippen LogP contribution in [0.15, 0.2) is 4.99 Å². The lowest BCUT2D eigenvalue weighted by atomic mass is 10.0. The first-order chi connectivity index (χ1) is 12.7. The molecule has 26 heavy (non-hydrogen) atoms. The molecule has 2 N–H and O–H groups in total. The molecule has 1 aliphatic carbocycles. The number of likely N-dealkylation sites (tertiary alicyclic amines) is 2. The molecule has 2 atom stereocenters. The number of piperidine rings is 1. The van der Waals surface area contributed by atoms with E-state index in [-0.39, 0.29) is 5.92 Å². The number of amides is 1. The second-order valence-electron chi connectivity index (χ2n) is 8.13. The zero-order valence-electron chi connectivity index (χ0n) is 16.7. The number of carbonyl (C=O) groups excluding carboxylic acids is 1. The molecule has 6 nitrogen and oxygen atoms in total. The maximum absolute atomic E-state index is 12.6. The number of aliphatic imine (C=N–C) groups is 1. The molecule has 3 rings (SSSR count). The largest absolute Gasteiger partial charge is 0.355 e. The van der Waals surface area contributed by atoms with Gasteiger partial charge in [-0.05, 0) is 45.2 Å². The molecule has 3 fully saturated rings. The average Bonchev–Trinajstić information content (AvgIpc) is 3.37. The third kappa shape index (κ3) is 4.90. The Morgan fingerprint density at radius 2 is 1.85 bits per heavy atom. The number of hydrogen-bond acceptors (Lipinski definition) is 3. The molecule has 1 amide bonds. The Labute approximate surface area is 158 Å². The highest BCUT2D eigenvalue weighted by molar-refractivity contribution is 5.81. The Hall–Kier alpha value is -1.30. The van der Waals surface area contributed by atoms with Crippen molar-refractivity contribution >= 4 is 11.9 Å². The molecule has 2 aliphatic heterocycles. The van der Waals surface area contributed by atoms with E-state index in [0.717, 1.165) is 51.4 Å². The van der Waals surface area contributed by atoms with Gasteiger partial charge in [-0.2, -0.15) is 0 Å². The van der Waals surface area contributed by atoms with Gasteiger partial charge in [-0.1, -0.05) is 26.2 Å². The number of hydrogen-bond donors (Lipinski definition) is 2. The quantitative estimate of drug-likeness (QED) is 0.578. The predicted molar refractivity (Wildman–Crippen MR) is 106 cm³/mol. The fourth-order valence-electron chi connectivity index (χ4n) is 4.82. The van der Waals surface area contributed by atoms with E-state index in [1.807, 2.05) is 7.05 Å². The van der Waals surface area contributed by atoms with Crippen LogP contribution >= 0.6 is 0 Å². The summed E-state index contributed by atoms with van der Waals surface area (Å²) in [5.74, 6) is 1.56. The van der Waals surface area contributed by atoms with Crippen molar-refractivity contribution in [3.05, 3.63) is 0 Å². The summed E-state index contributed by atoms with van der Waals surface area (Å²) in [6.07, 6.45) is 9.56. The van der Waals surface area contributed by atoms with Crippen molar-refractivity contribution < 1.29 is 4.79 Å². The van der Waals surface area contributed by atoms with Crippen molar-refractivity contribution in [2.45, 2.75) is 70.4 Å². The summed E-state index contributed by atoms with van der Waals surface area (Å²) in [7, 11) is 1.84. The van der Waals surface area contributed by atoms with Crippen molar-refractivity contribution in [3.63, 3.8) is 0 Å². The lowest BCUT2D eigenvalue weighted by Crippen LogP contribution is -2.51. The molecule has 3 aliphatic rings. The first-order valence-electron chi connectivity index (χ1n) is 10.7. The molecule has 1 saturated carbocycles. The van der Waals surface area contributed by atoms with E-state index in [1.54, 1.807) is 0 Å². The third-order valence-electron chi connectivity index (χ3n) is 6.43. The van der Waals surface area contributed by atoms with Gasteiger partial charge in [0, 0.05) is 44.7 Å². The smallest absolute Gasteiger partial charge is 0.225 e. The first-order valence-corrected chi connectivity index (χ1v) is 10.7. The van der Waals surface area contributed by atoms with Gasteiger partial charge in [0.15, 0.2) is 5.96 Å². The normalized spacial score (nSPS) is 28.5. The monoisotopic (exact) mass is 363 g/mol. The fourth-order valence-corrected chi connectivity index (χ4v) is 4.82. The lowest BCUT2D eigenvalue weighted by Gasteiger charge is -2.35. The molecule has 148 valence electrons. The number of guanidine groups is 1. The summed E-state index contributed by atoms with van der Waals surface area (Å²) in [4.78, 5) is 21.6. The number of likely N-dealkylation sites (N-methyl/N-ethyl adjacent to an activating group) is 1. The van der Waals surface area contributed by atoms with Crippen molar-refractivity contribution in [2.24, 2.45) is 10.9 Å². The van der Waals surface area contributed by atoms with E-state index in [1.165, 1.54) is 38.6 Å². The molecule has 2 unspecified atom stereocenters. The maximum atomic E-state index is 12.6. The topological polar surface area (TPSA) is 60.0 Å². The maximum Gasteiger partial charge on any atom is 0.225 e. The zero-order valence-corrected chi connectivity index (χ0v) is 16.7. The molecule has 0 aromatic carbocycles. The van der Waals surface area contributed by atoms with Crippen LogP contribution in [0.1, 0.15) is 58.3 Å². The van der Waals surface area contributed by atoms with Crippen molar-refractivity contribution in [1.82, 2.24) is 20.4 Å². The number of carbonyl (C=O) groups is 1. The van der Waals surface area contributed by atoms with E-state index in [2.05, 4.69) is 32.3 Å². The van der Waals surface area contributed by atoms with Gasteiger partial charge < -0.3 is 15.5 Å². The molecule has 0 spiro atoms. The van der Waals surface area contributed by atoms with E-state index in [0.29, 0.717) is 18.0 Å². The molecule has 6 heteroatoms. The van der Waals surface area contributed by atoms with Crippen molar-refractivity contribution in [2.75, 3.05) is 39.8 Å². The van der Waals surface area contributed by atoms with Gasteiger partial charge >= 0.3 is 0 Å². The Bertz CT molecular complexity index is 489. The van der Waals surface area contributed by atoms with Gasteiger partial charge in [-0.3, -0.25) is 14.7 Å². The minimum absolute atomic E-state index is 0.289. The van der Waals surface area contributed by atoms with Crippen LogP contribution < -0.4 is 10.6 Å². The van der Waals surface area contributed by atoms with Crippen LogP contribution in [-0.4, -0.2) is 73.5 Å². The summed E-state index contributed by atoms with van der Waals surface area (Å²) in [6.45, 7) is 7.25. The standard InChI is InChI=1S/C20H37N5O/c1-3-24-12-7-6-10-18(24)14-22-20(21-2)23-17-11-13-25(15-17)19(26)16-8-4-5-9-16/h16-18H,3-15H2,1-2H3,(H2,21,22,23). The minimum Gasteiger partial charge on any atom is -0.355 e. The summed E-state index contributed by atoms with van der Waals surface area (Å²) in [5, 5.41) is 7.06. The summed E-state index contributed by atoms with van der Waals surface area (Å²) < 4.78 is 0. The van der Waals surface area contributed by atoms with Crippen LogP contribution in [-0.2, 0) is 4.79 Å². The van der Waals surface area contributed by atoms with Crippen LogP contribution in [0.4, 0.5) is 0 Å². The van der Waals surface area contributed by atoms with Gasteiger partial charge in [0.2, 0.25) is 5.91 Å². The molecular formula is C20H37N5O. The molecule has 2 saturated heterocycles. The molecule has 0 radical (unpaired) electrons. The van der Waals surface area contributed by atoms with Crippen LogP contribution in [0.25, 0.3) is 0 Å². The summed E-state index contributed by atoms with van der Waals surface area (Å²) >= 11 is 0. The summed E-state index contributed by atoms with van der Waals surface area (Å²) in [6, 6.07) is 0.927. The van der Waals surface area contributed by atoms with Crippen molar-refractivity contribution in [3.8, 4) is 0 Å².